The number of aromatic amines is 1. The average molecular weight is 228 g/mol. The number of furan rings is 1. The number of aromatic nitrogens is 2. The van der Waals surface area contributed by atoms with Gasteiger partial charge < -0.3 is 14.1 Å². The van der Waals surface area contributed by atoms with Gasteiger partial charge >= 0.3 is 0 Å². The van der Waals surface area contributed by atoms with Gasteiger partial charge in [0, 0.05) is 6.07 Å². The first-order valence-electron chi connectivity index (χ1n) is 5.37. The largest absolute Gasteiger partial charge is 0.497 e. The van der Waals surface area contributed by atoms with E-state index in [1.165, 1.54) is 0 Å². The number of imidazole rings is 1. The first-order valence-corrected chi connectivity index (χ1v) is 5.37. The van der Waals surface area contributed by atoms with E-state index in [1.54, 1.807) is 7.11 Å². The molecule has 0 bridgehead atoms. The molecule has 4 heteroatoms. The maximum atomic E-state index is 5.53. The summed E-state index contributed by atoms with van der Waals surface area (Å²) < 4.78 is 10.7. The van der Waals surface area contributed by atoms with Crippen molar-refractivity contribution in [3.05, 3.63) is 36.1 Å². The molecule has 1 aromatic carbocycles. The lowest BCUT2D eigenvalue weighted by molar-refractivity contribution is 0.415. The topological polar surface area (TPSA) is 51.1 Å². The molecule has 0 aliphatic carbocycles. The van der Waals surface area contributed by atoms with Gasteiger partial charge in [0.1, 0.15) is 11.5 Å². The second-order valence-electron chi connectivity index (χ2n) is 3.88. The number of nitrogens with zero attached hydrogens (tertiary/aromatic N) is 1. The summed E-state index contributed by atoms with van der Waals surface area (Å²) in [7, 11) is 1.65. The van der Waals surface area contributed by atoms with Crippen molar-refractivity contribution in [1.82, 2.24) is 9.97 Å². The number of rotatable bonds is 2. The molecule has 0 fully saturated rings. The predicted octanol–water partition coefficient (Wildman–Crippen LogP) is 3.14. The van der Waals surface area contributed by atoms with Gasteiger partial charge in [-0.3, -0.25) is 0 Å². The van der Waals surface area contributed by atoms with E-state index in [1.807, 2.05) is 37.3 Å². The van der Waals surface area contributed by atoms with E-state index < -0.39 is 0 Å². The zero-order valence-corrected chi connectivity index (χ0v) is 9.65. The number of hydrogen-bond donors (Lipinski definition) is 1. The van der Waals surface area contributed by atoms with Gasteiger partial charge in [-0.15, -0.1) is 0 Å². The van der Waals surface area contributed by atoms with Crippen molar-refractivity contribution in [1.29, 1.82) is 0 Å². The van der Waals surface area contributed by atoms with Crippen molar-refractivity contribution >= 4 is 11.0 Å². The smallest absolute Gasteiger partial charge is 0.174 e. The van der Waals surface area contributed by atoms with E-state index in [9.17, 15) is 0 Å². The van der Waals surface area contributed by atoms with Crippen molar-refractivity contribution in [2.75, 3.05) is 7.11 Å². The molecular weight excluding hydrogens is 216 g/mol. The van der Waals surface area contributed by atoms with Crippen LogP contribution in [-0.4, -0.2) is 17.1 Å². The van der Waals surface area contributed by atoms with Gasteiger partial charge in [-0.1, -0.05) is 0 Å². The molecule has 0 radical (unpaired) electrons. The molecule has 2 aromatic heterocycles. The summed E-state index contributed by atoms with van der Waals surface area (Å²) in [5, 5.41) is 0. The van der Waals surface area contributed by atoms with E-state index >= 15 is 0 Å². The van der Waals surface area contributed by atoms with Crippen LogP contribution in [0.15, 0.2) is 34.7 Å². The third-order valence-electron chi connectivity index (χ3n) is 2.66. The maximum Gasteiger partial charge on any atom is 0.174 e. The summed E-state index contributed by atoms with van der Waals surface area (Å²) >= 11 is 0. The van der Waals surface area contributed by atoms with Crippen LogP contribution >= 0.6 is 0 Å². The molecule has 0 saturated carbocycles. The van der Waals surface area contributed by atoms with Crippen molar-refractivity contribution in [3.8, 4) is 17.3 Å². The normalized spacial score (nSPS) is 10.9. The second kappa shape index (κ2) is 3.66. The van der Waals surface area contributed by atoms with Crippen molar-refractivity contribution < 1.29 is 9.15 Å². The Bertz CT molecular complexity index is 667. The Labute approximate surface area is 98.2 Å². The summed E-state index contributed by atoms with van der Waals surface area (Å²) in [5.41, 5.74) is 1.84. The Kier molecular flexibility index (Phi) is 2.14. The molecule has 86 valence electrons. The molecule has 0 spiro atoms. The molecule has 2 heterocycles. The summed E-state index contributed by atoms with van der Waals surface area (Å²) in [4.78, 5) is 7.68. The van der Waals surface area contributed by atoms with Crippen LogP contribution in [0.3, 0.4) is 0 Å². The molecule has 0 atom stereocenters. The zero-order valence-electron chi connectivity index (χ0n) is 9.65. The Hall–Kier alpha value is -2.23. The lowest BCUT2D eigenvalue weighted by Gasteiger charge is -1.96. The number of methoxy groups -OCH3 is 1. The van der Waals surface area contributed by atoms with Gasteiger partial charge in [0.2, 0.25) is 0 Å². The van der Waals surface area contributed by atoms with E-state index in [0.29, 0.717) is 0 Å². The first-order chi connectivity index (χ1) is 8.26. The molecule has 0 unspecified atom stereocenters. The third kappa shape index (κ3) is 1.67. The second-order valence-corrected chi connectivity index (χ2v) is 3.88. The Morgan fingerprint density at radius 2 is 2.12 bits per heavy atom. The van der Waals surface area contributed by atoms with Crippen LogP contribution in [0.5, 0.6) is 5.75 Å². The first kappa shape index (κ1) is 9.96. The lowest BCUT2D eigenvalue weighted by Crippen LogP contribution is -1.81. The number of aryl methyl sites for hydroxylation is 1. The van der Waals surface area contributed by atoms with Crippen molar-refractivity contribution in [2.45, 2.75) is 6.92 Å². The van der Waals surface area contributed by atoms with Crippen LogP contribution in [0, 0.1) is 6.92 Å². The summed E-state index contributed by atoms with van der Waals surface area (Å²) in [6.45, 7) is 1.91. The predicted molar refractivity (Wildman–Crippen MR) is 65.1 cm³/mol. The van der Waals surface area contributed by atoms with Crippen LogP contribution in [0.4, 0.5) is 0 Å². The Morgan fingerprint density at radius 1 is 1.24 bits per heavy atom. The number of benzene rings is 1. The van der Waals surface area contributed by atoms with E-state index in [2.05, 4.69) is 9.97 Å². The van der Waals surface area contributed by atoms with Gasteiger partial charge in [0.15, 0.2) is 11.6 Å². The fourth-order valence-corrected chi connectivity index (χ4v) is 1.79. The van der Waals surface area contributed by atoms with Crippen LogP contribution < -0.4 is 4.74 Å². The number of H-pyrrole nitrogens is 1. The van der Waals surface area contributed by atoms with Crippen LogP contribution in [0.2, 0.25) is 0 Å². The number of hydrogen-bond acceptors (Lipinski definition) is 3. The minimum absolute atomic E-state index is 0.737. The fraction of sp³-hybridized carbons (Fsp3) is 0.154. The lowest BCUT2D eigenvalue weighted by atomic mass is 10.3. The van der Waals surface area contributed by atoms with Crippen LogP contribution in [0.25, 0.3) is 22.6 Å². The minimum atomic E-state index is 0.737. The monoisotopic (exact) mass is 228 g/mol. The van der Waals surface area contributed by atoms with Gasteiger partial charge in [0.05, 0.1) is 18.1 Å². The summed E-state index contributed by atoms with van der Waals surface area (Å²) in [6.07, 6.45) is 0. The van der Waals surface area contributed by atoms with Gasteiger partial charge in [-0.25, -0.2) is 4.98 Å². The van der Waals surface area contributed by atoms with Crippen molar-refractivity contribution in [3.63, 3.8) is 0 Å². The summed E-state index contributed by atoms with van der Waals surface area (Å²) in [6, 6.07) is 9.55. The number of ether oxygens (including phenoxy) is 1. The molecule has 0 aliphatic rings. The Morgan fingerprint density at radius 3 is 2.82 bits per heavy atom. The van der Waals surface area contributed by atoms with Crippen LogP contribution in [0.1, 0.15) is 5.76 Å². The van der Waals surface area contributed by atoms with Gasteiger partial charge in [0.25, 0.3) is 0 Å². The highest BCUT2D eigenvalue weighted by molar-refractivity contribution is 5.79. The standard InChI is InChI=1S/C13H12N2O2/c1-8-3-6-12(17-8)13-14-10-5-4-9(16-2)7-11(10)15-13/h3-7H,1-2H3,(H,14,15). The molecule has 0 amide bonds. The molecule has 17 heavy (non-hydrogen) atoms. The quantitative estimate of drug-likeness (QED) is 0.733. The van der Waals surface area contributed by atoms with Gasteiger partial charge in [-0.05, 0) is 31.2 Å². The fourth-order valence-electron chi connectivity index (χ4n) is 1.79. The highest BCUT2D eigenvalue weighted by Gasteiger charge is 2.08. The SMILES string of the molecule is COc1ccc2nc(-c3ccc(C)o3)[nH]c2c1. The highest BCUT2D eigenvalue weighted by Crippen LogP contribution is 2.24. The Balaban J connectivity index is 2.13. The maximum absolute atomic E-state index is 5.53. The molecule has 0 aliphatic heterocycles. The molecule has 4 nitrogen and oxygen atoms in total. The van der Waals surface area contributed by atoms with Gasteiger partial charge in [-0.2, -0.15) is 0 Å². The molecule has 0 saturated heterocycles. The van der Waals surface area contributed by atoms with Crippen molar-refractivity contribution in [2.24, 2.45) is 0 Å². The molecular formula is C13H12N2O2. The molecule has 3 rings (SSSR count). The third-order valence-corrected chi connectivity index (χ3v) is 2.66. The minimum Gasteiger partial charge on any atom is -0.497 e. The van der Waals surface area contributed by atoms with E-state index in [-0.39, 0.29) is 0 Å². The van der Waals surface area contributed by atoms with E-state index in [4.69, 9.17) is 9.15 Å². The van der Waals surface area contributed by atoms with Crippen LogP contribution in [-0.2, 0) is 0 Å². The number of nitrogens with one attached hydrogen (secondary N) is 1. The zero-order chi connectivity index (χ0) is 11.8. The summed E-state index contributed by atoms with van der Waals surface area (Å²) in [5.74, 6) is 3.17. The molecule has 1 N–H and O–H groups in total. The molecule has 3 aromatic rings. The van der Waals surface area contributed by atoms with E-state index in [0.717, 1.165) is 34.1 Å². The highest BCUT2D eigenvalue weighted by atomic mass is 16.5. The number of fused-ring (bicyclic) bond motifs is 1. The average Bonchev–Trinajstić information content (AvgIpc) is 2.93.